The van der Waals surface area contributed by atoms with Crippen molar-refractivity contribution in [3.8, 4) is 0 Å². The average molecular weight is 420 g/mol. The fourth-order valence-electron chi connectivity index (χ4n) is 3.30. The minimum atomic E-state index is -0.520. The first kappa shape index (κ1) is 20.6. The molecule has 1 heterocycles. The highest BCUT2D eigenvalue weighted by atomic mass is 35.5. The summed E-state index contributed by atoms with van der Waals surface area (Å²) in [4.78, 5) is 26.5. The molecule has 3 rings (SSSR count). The van der Waals surface area contributed by atoms with E-state index in [0.29, 0.717) is 35.2 Å². The van der Waals surface area contributed by atoms with E-state index in [-0.39, 0.29) is 11.8 Å². The lowest BCUT2D eigenvalue weighted by atomic mass is 10.1. The van der Waals surface area contributed by atoms with Gasteiger partial charge in [0.15, 0.2) is 0 Å². The molecule has 0 bridgehead atoms. The van der Waals surface area contributed by atoms with E-state index >= 15 is 0 Å². The number of amides is 2. The van der Waals surface area contributed by atoms with Gasteiger partial charge in [-0.05, 0) is 43.1 Å². The van der Waals surface area contributed by atoms with Gasteiger partial charge in [-0.15, -0.1) is 0 Å². The molecule has 1 fully saturated rings. The van der Waals surface area contributed by atoms with Crippen molar-refractivity contribution >= 4 is 40.7 Å². The van der Waals surface area contributed by atoms with Gasteiger partial charge in [-0.3, -0.25) is 9.59 Å². The second kappa shape index (κ2) is 9.92. The first-order valence-electron chi connectivity index (χ1n) is 9.36. The summed E-state index contributed by atoms with van der Waals surface area (Å²) in [5, 5.41) is 7.11. The van der Waals surface area contributed by atoms with Crippen molar-refractivity contribution in [3.05, 3.63) is 64.1 Å². The Bertz CT molecular complexity index is 809. The topological polar surface area (TPSA) is 61.4 Å². The number of carbonyl (C=O) groups is 2. The van der Waals surface area contributed by atoms with E-state index in [2.05, 4.69) is 10.6 Å². The smallest absolute Gasteiger partial charge is 0.246 e. The number of benzene rings is 2. The van der Waals surface area contributed by atoms with Crippen molar-refractivity contribution in [1.82, 2.24) is 10.2 Å². The van der Waals surface area contributed by atoms with Crippen LogP contribution in [0.5, 0.6) is 0 Å². The highest BCUT2D eigenvalue weighted by molar-refractivity contribution is 6.35. The van der Waals surface area contributed by atoms with Gasteiger partial charge in [-0.2, -0.15) is 0 Å². The summed E-state index contributed by atoms with van der Waals surface area (Å²) >= 11 is 12.0. The Hall–Kier alpha value is -2.08. The van der Waals surface area contributed by atoms with Crippen molar-refractivity contribution < 1.29 is 9.59 Å². The number of rotatable bonds is 8. The zero-order chi connectivity index (χ0) is 19.9. The summed E-state index contributed by atoms with van der Waals surface area (Å²) in [6.45, 7) is 2.16. The summed E-state index contributed by atoms with van der Waals surface area (Å²) in [5.74, 6) is 0.0250. The molecule has 2 N–H and O–H groups in total. The molecular formula is C21H23Cl2N3O2. The molecule has 28 heavy (non-hydrogen) atoms. The van der Waals surface area contributed by atoms with E-state index in [4.69, 9.17) is 23.2 Å². The van der Waals surface area contributed by atoms with Crippen LogP contribution in [0.15, 0.2) is 48.5 Å². The quantitative estimate of drug-likeness (QED) is 0.627. The number of carbonyl (C=O) groups excluding carboxylic acids is 2. The standard InChI is InChI=1S/C21H23Cl2N3O2/c22-16-12-17(23)14-18(13-16)25-21(28)20(15-6-2-1-3-7-15)24-9-5-11-26-10-4-8-19(26)27/h1-3,6-7,12-14,20,24H,4-5,8-11H2,(H,25,28)/t20-/m1/s1. The summed E-state index contributed by atoms with van der Waals surface area (Å²) in [5.41, 5.74) is 1.42. The van der Waals surface area contributed by atoms with Gasteiger partial charge in [0.25, 0.3) is 0 Å². The fraction of sp³-hybridized carbons (Fsp3) is 0.333. The maximum Gasteiger partial charge on any atom is 0.246 e. The molecule has 0 radical (unpaired) electrons. The third kappa shape index (κ3) is 5.71. The molecule has 2 amide bonds. The van der Waals surface area contributed by atoms with Gasteiger partial charge >= 0.3 is 0 Å². The summed E-state index contributed by atoms with van der Waals surface area (Å²) < 4.78 is 0. The molecule has 1 saturated heterocycles. The molecule has 0 saturated carbocycles. The van der Waals surface area contributed by atoms with Crippen molar-refractivity contribution in [1.29, 1.82) is 0 Å². The lowest BCUT2D eigenvalue weighted by Gasteiger charge is -2.20. The van der Waals surface area contributed by atoms with Crippen LogP contribution in [0, 0.1) is 0 Å². The van der Waals surface area contributed by atoms with Crippen LogP contribution in [-0.4, -0.2) is 36.3 Å². The Morgan fingerprint density at radius 1 is 1.11 bits per heavy atom. The number of likely N-dealkylation sites (tertiary alicyclic amines) is 1. The lowest BCUT2D eigenvalue weighted by Crippen LogP contribution is -2.35. The minimum absolute atomic E-state index is 0.193. The highest BCUT2D eigenvalue weighted by Gasteiger charge is 2.22. The normalized spacial score (nSPS) is 14.9. The Labute approximate surface area is 175 Å². The third-order valence-corrected chi connectivity index (χ3v) is 5.09. The number of anilines is 1. The number of nitrogens with one attached hydrogen (secondary N) is 2. The van der Waals surface area contributed by atoms with Crippen LogP contribution in [-0.2, 0) is 9.59 Å². The van der Waals surface area contributed by atoms with Crippen molar-refractivity contribution in [3.63, 3.8) is 0 Å². The largest absolute Gasteiger partial charge is 0.343 e. The van der Waals surface area contributed by atoms with Crippen molar-refractivity contribution in [2.24, 2.45) is 0 Å². The molecule has 1 aliphatic rings. The van der Waals surface area contributed by atoms with Crippen LogP contribution >= 0.6 is 23.2 Å². The first-order valence-corrected chi connectivity index (χ1v) is 10.1. The number of nitrogens with zero attached hydrogens (tertiary/aromatic N) is 1. The SMILES string of the molecule is O=C(Nc1cc(Cl)cc(Cl)c1)[C@H](NCCCN1CCCC1=O)c1ccccc1. The number of halogens is 2. The molecule has 2 aromatic rings. The summed E-state index contributed by atoms with van der Waals surface area (Å²) in [6.07, 6.45) is 2.36. The lowest BCUT2D eigenvalue weighted by molar-refractivity contribution is -0.127. The molecule has 5 nitrogen and oxygen atoms in total. The van der Waals surface area contributed by atoms with Gasteiger partial charge in [-0.1, -0.05) is 53.5 Å². The maximum atomic E-state index is 12.9. The van der Waals surface area contributed by atoms with Gasteiger partial charge < -0.3 is 15.5 Å². The first-order chi connectivity index (χ1) is 13.5. The van der Waals surface area contributed by atoms with Crippen molar-refractivity contribution in [2.45, 2.75) is 25.3 Å². The molecule has 0 unspecified atom stereocenters. The second-order valence-corrected chi connectivity index (χ2v) is 7.66. The Morgan fingerprint density at radius 2 is 1.82 bits per heavy atom. The van der Waals surface area contributed by atoms with E-state index in [1.54, 1.807) is 18.2 Å². The van der Waals surface area contributed by atoms with E-state index in [1.807, 2.05) is 35.2 Å². The molecule has 7 heteroatoms. The predicted octanol–water partition coefficient (Wildman–Crippen LogP) is 4.28. The van der Waals surface area contributed by atoms with Gasteiger partial charge in [0.2, 0.25) is 11.8 Å². The molecule has 0 spiro atoms. The molecule has 0 aliphatic carbocycles. The Balaban J connectivity index is 1.63. The third-order valence-electron chi connectivity index (χ3n) is 4.65. The minimum Gasteiger partial charge on any atom is -0.343 e. The van der Waals surface area contributed by atoms with Crippen LogP contribution in [0.25, 0.3) is 0 Å². The van der Waals surface area contributed by atoms with Gasteiger partial charge in [0.05, 0.1) is 0 Å². The molecule has 1 atom stereocenters. The molecule has 148 valence electrons. The second-order valence-electron chi connectivity index (χ2n) is 6.78. The van der Waals surface area contributed by atoms with Crippen molar-refractivity contribution in [2.75, 3.05) is 25.0 Å². The predicted molar refractivity (Wildman–Crippen MR) is 113 cm³/mol. The van der Waals surface area contributed by atoms with E-state index < -0.39 is 6.04 Å². The monoisotopic (exact) mass is 419 g/mol. The maximum absolute atomic E-state index is 12.9. The average Bonchev–Trinajstić information content (AvgIpc) is 3.06. The van der Waals surface area contributed by atoms with Gasteiger partial charge in [-0.25, -0.2) is 0 Å². The summed E-state index contributed by atoms with van der Waals surface area (Å²) in [6, 6.07) is 13.9. The van der Waals surface area contributed by atoms with Gasteiger partial charge in [0.1, 0.15) is 6.04 Å². The van der Waals surface area contributed by atoms with Crippen LogP contribution in [0.1, 0.15) is 30.9 Å². The zero-order valence-corrected chi connectivity index (χ0v) is 17.0. The van der Waals surface area contributed by atoms with Crippen LogP contribution < -0.4 is 10.6 Å². The zero-order valence-electron chi connectivity index (χ0n) is 15.5. The molecule has 2 aromatic carbocycles. The Morgan fingerprint density at radius 3 is 2.46 bits per heavy atom. The number of hydrogen-bond acceptors (Lipinski definition) is 3. The van der Waals surface area contributed by atoms with Crippen LogP contribution in [0.3, 0.4) is 0 Å². The van der Waals surface area contributed by atoms with E-state index in [1.165, 1.54) is 0 Å². The van der Waals surface area contributed by atoms with Gasteiger partial charge in [0, 0.05) is 35.2 Å². The van der Waals surface area contributed by atoms with E-state index in [9.17, 15) is 9.59 Å². The fourth-order valence-corrected chi connectivity index (χ4v) is 3.83. The van der Waals surface area contributed by atoms with Crippen LogP contribution in [0.2, 0.25) is 10.0 Å². The molecule has 1 aliphatic heterocycles. The van der Waals surface area contributed by atoms with Crippen LogP contribution in [0.4, 0.5) is 5.69 Å². The summed E-state index contributed by atoms with van der Waals surface area (Å²) in [7, 11) is 0. The Kier molecular flexibility index (Phi) is 7.31. The molecule has 0 aromatic heterocycles. The highest BCUT2D eigenvalue weighted by Crippen LogP contribution is 2.24. The molecular weight excluding hydrogens is 397 g/mol. The van der Waals surface area contributed by atoms with E-state index in [0.717, 1.165) is 24.9 Å². The number of hydrogen-bond donors (Lipinski definition) is 2.